The molecule has 0 bridgehead atoms. The van der Waals surface area contributed by atoms with Gasteiger partial charge in [-0.05, 0) is 29.3 Å². The Kier molecular flexibility index (Phi) is 4.21. The van der Waals surface area contributed by atoms with Gasteiger partial charge in [-0.1, -0.05) is 24.3 Å². The average Bonchev–Trinajstić information content (AvgIpc) is 2.92. The van der Waals surface area contributed by atoms with Crippen LogP contribution >= 0.6 is 0 Å². The van der Waals surface area contributed by atoms with E-state index in [1.54, 1.807) is 26.4 Å². The molecule has 2 aromatic rings. The van der Waals surface area contributed by atoms with Crippen LogP contribution in [0.1, 0.15) is 33.4 Å². The number of nitrogens with one attached hydrogen (secondary N) is 1. The predicted molar refractivity (Wildman–Crippen MR) is 86.0 cm³/mol. The molecule has 23 heavy (non-hydrogen) atoms. The first kappa shape index (κ1) is 15.4. The lowest BCUT2D eigenvalue weighted by molar-refractivity contribution is 0.0946. The van der Waals surface area contributed by atoms with Gasteiger partial charge in [0.2, 0.25) is 0 Å². The Morgan fingerprint density at radius 3 is 2.57 bits per heavy atom. The molecule has 2 atom stereocenters. The Hall–Kier alpha value is -2.53. The molecular formula is C18H19NO4. The summed E-state index contributed by atoms with van der Waals surface area (Å²) < 4.78 is 10.6. The third kappa shape index (κ3) is 2.64. The first-order chi connectivity index (χ1) is 11.2. The molecule has 1 unspecified atom stereocenters. The van der Waals surface area contributed by atoms with Crippen molar-refractivity contribution in [1.82, 2.24) is 5.32 Å². The van der Waals surface area contributed by atoms with Crippen molar-refractivity contribution in [2.24, 2.45) is 0 Å². The van der Waals surface area contributed by atoms with E-state index in [1.807, 2.05) is 30.3 Å². The molecule has 1 aliphatic rings. The minimum absolute atomic E-state index is 0.0885. The summed E-state index contributed by atoms with van der Waals surface area (Å²) in [6.07, 6.45) is 0. The van der Waals surface area contributed by atoms with Crippen LogP contribution in [0.3, 0.4) is 0 Å². The number of rotatable bonds is 5. The lowest BCUT2D eigenvalue weighted by Gasteiger charge is -2.23. The van der Waals surface area contributed by atoms with Gasteiger partial charge in [0.05, 0.1) is 26.9 Å². The summed E-state index contributed by atoms with van der Waals surface area (Å²) in [5.41, 5.74) is 2.45. The summed E-state index contributed by atoms with van der Waals surface area (Å²) in [6, 6.07) is 12.7. The number of aliphatic hydroxyl groups excluding tert-OH is 1. The quantitative estimate of drug-likeness (QED) is 0.888. The number of amides is 1. The van der Waals surface area contributed by atoms with Gasteiger partial charge in [-0.3, -0.25) is 4.79 Å². The second-order valence-corrected chi connectivity index (χ2v) is 5.44. The van der Waals surface area contributed by atoms with Gasteiger partial charge in [0, 0.05) is 11.5 Å². The van der Waals surface area contributed by atoms with Crippen molar-refractivity contribution < 1.29 is 19.4 Å². The summed E-state index contributed by atoms with van der Waals surface area (Å²) in [5.74, 6) is 0.858. The van der Waals surface area contributed by atoms with E-state index < -0.39 is 0 Å². The molecule has 2 aromatic carbocycles. The Balaban J connectivity index is 2.00. The Bertz CT molecular complexity index is 729. The Morgan fingerprint density at radius 1 is 1.13 bits per heavy atom. The van der Waals surface area contributed by atoms with Crippen LogP contribution < -0.4 is 14.8 Å². The molecule has 0 fully saturated rings. The SMILES string of the molecule is COc1ccc(C(CO)[C@H]2NC(=O)c3ccccc32)cc1OC. The molecule has 0 aliphatic carbocycles. The normalized spacial score (nSPS) is 17.3. The minimum Gasteiger partial charge on any atom is -0.493 e. The predicted octanol–water partition coefficient (Wildman–Crippen LogP) is 2.26. The zero-order valence-corrected chi connectivity index (χ0v) is 13.1. The molecule has 0 spiro atoms. The Labute approximate surface area is 134 Å². The van der Waals surface area contributed by atoms with Gasteiger partial charge < -0.3 is 19.9 Å². The maximum Gasteiger partial charge on any atom is 0.252 e. The van der Waals surface area contributed by atoms with Gasteiger partial charge >= 0.3 is 0 Å². The molecule has 0 saturated carbocycles. The lowest BCUT2D eigenvalue weighted by atomic mass is 9.88. The highest BCUT2D eigenvalue weighted by molar-refractivity contribution is 5.99. The third-order valence-corrected chi connectivity index (χ3v) is 4.26. The fourth-order valence-corrected chi connectivity index (χ4v) is 3.08. The van der Waals surface area contributed by atoms with Crippen molar-refractivity contribution in [2.75, 3.05) is 20.8 Å². The molecule has 5 nitrogen and oxygen atoms in total. The molecule has 1 heterocycles. The van der Waals surface area contributed by atoms with E-state index in [2.05, 4.69) is 5.32 Å². The smallest absolute Gasteiger partial charge is 0.252 e. The van der Waals surface area contributed by atoms with Crippen LogP contribution in [0.25, 0.3) is 0 Å². The van der Waals surface area contributed by atoms with Gasteiger partial charge in [0.1, 0.15) is 0 Å². The van der Waals surface area contributed by atoms with E-state index in [9.17, 15) is 9.90 Å². The van der Waals surface area contributed by atoms with Crippen molar-refractivity contribution >= 4 is 5.91 Å². The maximum atomic E-state index is 12.1. The molecule has 5 heteroatoms. The zero-order chi connectivity index (χ0) is 16.4. The lowest BCUT2D eigenvalue weighted by Crippen LogP contribution is -2.26. The van der Waals surface area contributed by atoms with Crippen molar-refractivity contribution in [3.05, 3.63) is 59.2 Å². The van der Waals surface area contributed by atoms with Crippen LogP contribution in [0, 0.1) is 0 Å². The average molecular weight is 313 g/mol. The molecule has 0 saturated heterocycles. The van der Waals surface area contributed by atoms with Gasteiger partial charge in [-0.25, -0.2) is 0 Å². The molecule has 3 rings (SSSR count). The van der Waals surface area contributed by atoms with Crippen LogP contribution in [-0.4, -0.2) is 31.8 Å². The highest BCUT2D eigenvalue weighted by Crippen LogP contribution is 2.39. The molecular weight excluding hydrogens is 294 g/mol. The van der Waals surface area contributed by atoms with Gasteiger partial charge in [-0.15, -0.1) is 0 Å². The number of aliphatic hydroxyl groups is 1. The van der Waals surface area contributed by atoms with Crippen LogP contribution in [0.2, 0.25) is 0 Å². The van der Waals surface area contributed by atoms with Gasteiger partial charge in [0.25, 0.3) is 5.91 Å². The highest BCUT2D eigenvalue weighted by Gasteiger charge is 2.34. The van der Waals surface area contributed by atoms with Crippen LogP contribution in [-0.2, 0) is 0 Å². The summed E-state index contributed by atoms with van der Waals surface area (Å²) in [7, 11) is 3.15. The maximum absolute atomic E-state index is 12.1. The number of benzene rings is 2. The van der Waals surface area contributed by atoms with Crippen molar-refractivity contribution in [2.45, 2.75) is 12.0 Å². The molecule has 120 valence electrons. The largest absolute Gasteiger partial charge is 0.493 e. The first-order valence-electron chi connectivity index (χ1n) is 7.42. The number of carbonyl (C=O) groups is 1. The van der Waals surface area contributed by atoms with Crippen molar-refractivity contribution in [3.63, 3.8) is 0 Å². The van der Waals surface area contributed by atoms with Gasteiger partial charge in [0.15, 0.2) is 11.5 Å². The second-order valence-electron chi connectivity index (χ2n) is 5.44. The molecule has 0 aromatic heterocycles. The standard InChI is InChI=1S/C18H19NO4/c1-22-15-8-7-11(9-16(15)23-2)14(10-20)17-12-5-3-4-6-13(12)18(21)19-17/h3-9,14,17,20H,10H2,1-2H3,(H,19,21)/t14?,17-/m0/s1. The molecule has 0 radical (unpaired) electrons. The van der Waals surface area contributed by atoms with Crippen LogP contribution in [0.4, 0.5) is 0 Å². The highest BCUT2D eigenvalue weighted by atomic mass is 16.5. The summed E-state index contributed by atoms with van der Waals surface area (Å²) in [5, 5.41) is 12.9. The summed E-state index contributed by atoms with van der Waals surface area (Å²) in [6.45, 7) is -0.0885. The fourth-order valence-electron chi connectivity index (χ4n) is 3.08. The van der Waals surface area contributed by atoms with E-state index in [0.29, 0.717) is 17.1 Å². The number of methoxy groups -OCH3 is 2. The van der Waals surface area contributed by atoms with E-state index in [4.69, 9.17) is 9.47 Å². The van der Waals surface area contributed by atoms with E-state index in [-0.39, 0.29) is 24.5 Å². The van der Waals surface area contributed by atoms with E-state index >= 15 is 0 Å². The molecule has 2 N–H and O–H groups in total. The van der Waals surface area contributed by atoms with Crippen LogP contribution in [0.5, 0.6) is 11.5 Å². The third-order valence-electron chi connectivity index (χ3n) is 4.26. The number of fused-ring (bicyclic) bond motifs is 1. The zero-order valence-electron chi connectivity index (χ0n) is 13.1. The molecule has 1 aliphatic heterocycles. The summed E-state index contributed by atoms with van der Waals surface area (Å²) >= 11 is 0. The molecule has 1 amide bonds. The fraction of sp³-hybridized carbons (Fsp3) is 0.278. The minimum atomic E-state index is -0.262. The van der Waals surface area contributed by atoms with E-state index in [1.165, 1.54) is 0 Å². The monoisotopic (exact) mass is 313 g/mol. The van der Waals surface area contributed by atoms with E-state index in [0.717, 1.165) is 11.1 Å². The number of hydrogen-bond donors (Lipinski definition) is 2. The van der Waals surface area contributed by atoms with Crippen LogP contribution in [0.15, 0.2) is 42.5 Å². The number of ether oxygens (including phenoxy) is 2. The van der Waals surface area contributed by atoms with Crippen molar-refractivity contribution in [1.29, 1.82) is 0 Å². The topological polar surface area (TPSA) is 67.8 Å². The first-order valence-corrected chi connectivity index (χ1v) is 7.42. The van der Waals surface area contributed by atoms with Gasteiger partial charge in [-0.2, -0.15) is 0 Å². The number of carbonyl (C=O) groups excluding carboxylic acids is 1. The Morgan fingerprint density at radius 2 is 1.87 bits per heavy atom. The second kappa shape index (κ2) is 6.30. The number of hydrogen-bond acceptors (Lipinski definition) is 4. The summed E-state index contributed by atoms with van der Waals surface area (Å²) in [4.78, 5) is 12.1. The van der Waals surface area contributed by atoms with Crippen molar-refractivity contribution in [3.8, 4) is 11.5 Å².